The fraction of sp³-hybridized carbons (Fsp3) is 0.250. The second-order valence-corrected chi connectivity index (χ2v) is 6.41. The topological polar surface area (TPSA) is 58.0 Å². The molecule has 106 valence electrons. The van der Waals surface area contributed by atoms with Crippen LogP contribution in [0.3, 0.4) is 0 Å². The Bertz CT molecular complexity index is 793. The molecule has 4 rings (SSSR count). The first-order valence-corrected chi connectivity index (χ1v) is 7.89. The third-order valence-corrected chi connectivity index (χ3v) is 5.14. The third kappa shape index (κ3) is 2.28. The van der Waals surface area contributed by atoms with E-state index in [2.05, 4.69) is 21.6 Å². The van der Waals surface area contributed by atoms with E-state index >= 15 is 0 Å². The van der Waals surface area contributed by atoms with E-state index in [1.807, 2.05) is 18.2 Å². The second kappa shape index (κ2) is 5.09. The van der Waals surface area contributed by atoms with Gasteiger partial charge in [-0.2, -0.15) is 0 Å². The Kier molecular flexibility index (Phi) is 3.09. The number of para-hydroxylation sites is 1. The van der Waals surface area contributed by atoms with Crippen molar-refractivity contribution in [1.82, 2.24) is 15.5 Å². The molecule has 2 aromatic heterocycles. The van der Waals surface area contributed by atoms with Gasteiger partial charge in [0.1, 0.15) is 10.6 Å². The molecule has 21 heavy (non-hydrogen) atoms. The van der Waals surface area contributed by atoms with E-state index < -0.39 is 0 Å². The molecule has 3 aromatic rings. The van der Waals surface area contributed by atoms with Crippen molar-refractivity contribution < 1.29 is 5.11 Å². The van der Waals surface area contributed by atoms with Crippen molar-refractivity contribution in [3.8, 4) is 17.0 Å². The van der Waals surface area contributed by atoms with Crippen LogP contribution in [0.1, 0.15) is 17.2 Å². The molecule has 0 bridgehead atoms. The molecule has 1 atom stereocenters. The summed E-state index contributed by atoms with van der Waals surface area (Å²) in [7, 11) is 0. The normalized spacial score (nSPS) is 18.4. The minimum atomic E-state index is 0.238. The number of nitrogens with one attached hydrogen (secondary N) is 1. The van der Waals surface area contributed by atoms with Crippen LogP contribution in [0.5, 0.6) is 5.75 Å². The van der Waals surface area contributed by atoms with E-state index in [-0.39, 0.29) is 5.75 Å². The zero-order chi connectivity index (χ0) is 14.2. The average molecular weight is 297 g/mol. The first-order valence-electron chi connectivity index (χ1n) is 7.07. The van der Waals surface area contributed by atoms with E-state index in [1.165, 1.54) is 11.3 Å². The van der Waals surface area contributed by atoms with Crippen molar-refractivity contribution in [2.45, 2.75) is 12.3 Å². The summed E-state index contributed by atoms with van der Waals surface area (Å²) < 4.78 is 0. The lowest BCUT2D eigenvalue weighted by Gasteiger charge is -2.02. The molecule has 1 aromatic carbocycles. The molecule has 1 fully saturated rings. The summed E-state index contributed by atoms with van der Waals surface area (Å²) in [4.78, 5) is 2.34. The number of aromatic nitrogens is 2. The van der Waals surface area contributed by atoms with Crippen molar-refractivity contribution in [2.24, 2.45) is 0 Å². The lowest BCUT2D eigenvalue weighted by molar-refractivity contribution is 0.477. The molecule has 0 spiro atoms. The number of thiophene rings is 1. The van der Waals surface area contributed by atoms with Crippen LogP contribution in [0.2, 0.25) is 0 Å². The lowest BCUT2D eigenvalue weighted by Crippen LogP contribution is -2.07. The largest absolute Gasteiger partial charge is 0.507 e. The number of nitrogens with zero attached hydrogens (tertiary/aromatic N) is 2. The van der Waals surface area contributed by atoms with Gasteiger partial charge in [-0.25, -0.2) is 0 Å². The molecule has 3 heterocycles. The maximum absolute atomic E-state index is 9.94. The number of phenolic OH excluding ortho intramolecular Hbond substituents is 1. The van der Waals surface area contributed by atoms with Gasteiger partial charge in [-0.05, 0) is 37.2 Å². The molecule has 0 saturated carbocycles. The van der Waals surface area contributed by atoms with Crippen LogP contribution in [-0.2, 0) is 0 Å². The summed E-state index contributed by atoms with van der Waals surface area (Å²) >= 11 is 1.73. The van der Waals surface area contributed by atoms with E-state index in [9.17, 15) is 5.11 Å². The molecule has 1 aliphatic rings. The lowest BCUT2D eigenvalue weighted by atomic mass is 10.1. The number of hydrogen-bond donors (Lipinski definition) is 2. The quantitative estimate of drug-likeness (QED) is 0.763. The highest BCUT2D eigenvalue weighted by Crippen LogP contribution is 2.35. The Labute approximate surface area is 126 Å². The molecule has 0 unspecified atom stereocenters. The first-order chi connectivity index (χ1) is 10.3. The van der Waals surface area contributed by atoms with E-state index in [0.29, 0.717) is 5.92 Å². The highest BCUT2D eigenvalue weighted by atomic mass is 32.1. The Morgan fingerprint density at radius 1 is 1.19 bits per heavy atom. The molecule has 0 amide bonds. The monoisotopic (exact) mass is 297 g/mol. The number of rotatable bonds is 2. The third-order valence-electron chi connectivity index (χ3n) is 3.94. The SMILES string of the molecule is Oc1ccccc1-c1cc2cc([C@@H]3CCNC3)sc2nn1. The zero-order valence-electron chi connectivity index (χ0n) is 11.4. The maximum Gasteiger partial charge on any atom is 0.146 e. The van der Waals surface area contributed by atoms with Gasteiger partial charge in [-0.15, -0.1) is 21.5 Å². The minimum absolute atomic E-state index is 0.238. The van der Waals surface area contributed by atoms with Crippen LogP contribution in [0.25, 0.3) is 21.5 Å². The average Bonchev–Trinajstić information content (AvgIpc) is 3.16. The smallest absolute Gasteiger partial charge is 0.146 e. The summed E-state index contributed by atoms with van der Waals surface area (Å²) in [6, 6.07) is 11.5. The summed E-state index contributed by atoms with van der Waals surface area (Å²) in [6.07, 6.45) is 1.19. The van der Waals surface area contributed by atoms with Crippen molar-refractivity contribution in [3.05, 3.63) is 41.3 Å². The Morgan fingerprint density at radius 3 is 2.90 bits per heavy atom. The fourth-order valence-electron chi connectivity index (χ4n) is 2.79. The van der Waals surface area contributed by atoms with Crippen LogP contribution >= 0.6 is 11.3 Å². The number of phenols is 1. The Morgan fingerprint density at radius 2 is 2.10 bits per heavy atom. The Hall–Kier alpha value is -1.98. The van der Waals surface area contributed by atoms with Crippen molar-refractivity contribution >= 4 is 21.6 Å². The van der Waals surface area contributed by atoms with Gasteiger partial charge in [0, 0.05) is 28.3 Å². The standard InChI is InChI=1S/C16H15N3OS/c20-14-4-2-1-3-12(14)13-7-11-8-15(10-5-6-17-9-10)21-16(11)19-18-13/h1-4,7-8,10,17,20H,5-6,9H2/t10-/m1/s1. The molecule has 0 aliphatic carbocycles. The van der Waals surface area contributed by atoms with Crippen LogP contribution in [0.15, 0.2) is 36.4 Å². The van der Waals surface area contributed by atoms with Crippen LogP contribution in [-0.4, -0.2) is 28.4 Å². The predicted molar refractivity (Wildman–Crippen MR) is 84.7 cm³/mol. The van der Waals surface area contributed by atoms with Gasteiger partial charge in [0.15, 0.2) is 0 Å². The molecular formula is C16H15N3OS. The van der Waals surface area contributed by atoms with E-state index in [1.54, 1.807) is 23.5 Å². The molecule has 2 N–H and O–H groups in total. The van der Waals surface area contributed by atoms with Gasteiger partial charge in [0.05, 0.1) is 5.69 Å². The number of benzene rings is 1. The Balaban J connectivity index is 1.77. The fourth-order valence-corrected chi connectivity index (χ4v) is 3.89. The maximum atomic E-state index is 9.94. The molecule has 1 aliphatic heterocycles. The van der Waals surface area contributed by atoms with Crippen molar-refractivity contribution in [2.75, 3.05) is 13.1 Å². The van der Waals surface area contributed by atoms with Gasteiger partial charge in [0.2, 0.25) is 0 Å². The summed E-state index contributed by atoms with van der Waals surface area (Å²) in [6.45, 7) is 2.14. The number of hydrogen-bond acceptors (Lipinski definition) is 5. The molecule has 5 heteroatoms. The van der Waals surface area contributed by atoms with E-state index in [4.69, 9.17) is 0 Å². The van der Waals surface area contributed by atoms with E-state index in [0.717, 1.165) is 34.6 Å². The molecule has 1 saturated heterocycles. The van der Waals surface area contributed by atoms with Crippen molar-refractivity contribution in [1.29, 1.82) is 0 Å². The van der Waals surface area contributed by atoms with Crippen LogP contribution in [0, 0.1) is 0 Å². The van der Waals surface area contributed by atoms with Gasteiger partial charge < -0.3 is 10.4 Å². The summed E-state index contributed by atoms with van der Waals surface area (Å²) in [5.41, 5.74) is 1.44. The predicted octanol–water partition coefficient (Wildman–Crippen LogP) is 3.14. The van der Waals surface area contributed by atoms with Gasteiger partial charge >= 0.3 is 0 Å². The van der Waals surface area contributed by atoms with Gasteiger partial charge in [0.25, 0.3) is 0 Å². The van der Waals surface area contributed by atoms with Gasteiger partial charge in [-0.1, -0.05) is 12.1 Å². The number of aromatic hydroxyl groups is 1. The number of fused-ring (bicyclic) bond motifs is 1. The van der Waals surface area contributed by atoms with Crippen molar-refractivity contribution in [3.63, 3.8) is 0 Å². The zero-order valence-corrected chi connectivity index (χ0v) is 12.2. The molecular weight excluding hydrogens is 282 g/mol. The second-order valence-electron chi connectivity index (χ2n) is 5.35. The first kappa shape index (κ1) is 12.7. The summed E-state index contributed by atoms with van der Waals surface area (Å²) in [5.74, 6) is 0.833. The molecule has 4 nitrogen and oxygen atoms in total. The molecule has 0 radical (unpaired) electrons. The van der Waals surface area contributed by atoms with Crippen LogP contribution < -0.4 is 5.32 Å². The highest BCUT2D eigenvalue weighted by Gasteiger charge is 2.19. The highest BCUT2D eigenvalue weighted by molar-refractivity contribution is 7.18. The summed E-state index contributed by atoms with van der Waals surface area (Å²) in [5, 5.41) is 23.0. The van der Waals surface area contributed by atoms with Gasteiger partial charge in [-0.3, -0.25) is 0 Å². The minimum Gasteiger partial charge on any atom is -0.507 e. The van der Waals surface area contributed by atoms with Crippen LogP contribution in [0.4, 0.5) is 0 Å².